The summed E-state index contributed by atoms with van der Waals surface area (Å²) in [5.41, 5.74) is 1.30. The highest BCUT2D eigenvalue weighted by atomic mass is 35.5. The molecule has 2 aromatic heterocycles. The van der Waals surface area contributed by atoms with Crippen LogP contribution in [0.4, 0.5) is 0 Å². The molecular weight excluding hydrogens is 262 g/mol. The number of halogens is 1. The zero-order valence-corrected chi connectivity index (χ0v) is 10.7. The van der Waals surface area contributed by atoms with Gasteiger partial charge in [0.25, 0.3) is 0 Å². The van der Waals surface area contributed by atoms with Crippen LogP contribution in [0.25, 0.3) is 5.65 Å². The minimum absolute atomic E-state index is 0.00683. The van der Waals surface area contributed by atoms with Gasteiger partial charge in [-0.25, -0.2) is 9.50 Å². The van der Waals surface area contributed by atoms with E-state index in [0.29, 0.717) is 22.2 Å². The molecule has 5 heteroatoms. The Kier molecular flexibility index (Phi) is 3.01. The summed E-state index contributed by atoms with van der Waals surface area (Å²) in [6, 6.07) is 14.4. The van der Waals surface area contributed by atoms with Crippen LogP contribution in [-0.2, 0) is 6.42 Å². The summed E-state index contributed by atoms with van der Waals surface area (Å²) in [6.07, 6.45) is 0.169. The van der Waals surface area contributed by atoms with Crippen molar-refractivity contribution in [3.8, 4) is 0 Å². The number of carbonyl (C=O) groups excluding carboxylic acids is 1. The van der Waals surface area contributed by atoms with Crippen LogP contribution in [0.15, 0.2) is 48.5 Å². The molecule has 0 unspecified atom stereocenters. The number of fused-ring (bicyclic) bond motifs is 1. The van der Waals surface area contributed by atoms with Crippen LogP contribution in [0.5, 0.6) is 0 Å². The quantitative estimate of drug-likeness (QED) is 0.544. The number of aromatic nitrogens is 3. The van der Waals surface area contributed by atoms with Gasteiger partial charge in [0, 0.05) is 5.56 Å². The summed E-state index contributed by atoms with van der Waals surface area (Å²) >= 11 is 6.00. The molecule has 3 rings (SSSR count). The molecule has 0 radical (unpaired) electrons. The van der Waals surface area contributed by atoms with Crippen LogP contribution in [0.3, 0.4) is 0 Å². The maximum atomic E-state index is 12.1. The molecule has 0 aliphatic heterocycles. The molecule has 0 aliphatic carbocycles. The van der Waals surface area contributed by atoms with E-state index < -0.39 is 0 Å². The Labute approximate surface area is 114 Å². The lowest BCUT2D eigenvalue weighted by Crippen LogP contribution is -2.05. The van der Waals surface area contributed by atoms with E-state index in [-0.39, 0.29) is 12.2 Å². The van der Waals surface area contributed by atoms with Crippen molar-refractivity contribution in [3.05, 3.63) is 65.1 Å². The first-order valence-corrected chi connectivity index (χ1v) is 6.20. The third kappa shape index (κ3) is 2.35. The van der Waals surface area contributed by atoms with Gasteiger partial charge in [-0.3, -0.25) is 4.79 Å². The predicted molar refractivity (Wildman–Crippen MR) is 72.5 cm³/mol. The summed E-state index contributed by atoms with van der Waals surface area (Å²) in [7, 11) is 0. The zero-order chi connectivity index (χ0) is 13.2. The number of ketones is 1. The topological polar surface area (TPSA) is 47.3 Å². The number of Topliss-reactive ketones (excluding diaryl/α,β-unsaturated/α-hetero) is 1. The van der Waals surface area contributed by atoms with Gasteiger partial charge in [0.1, 0.15) is 5.15 Å². The number of pyridine rings is 1. The van der Waals surface area contributed by atoms with Gasteiger partial charge in [-0.2, -0.15) is 0 Å². The highest BCUT2D eigenvalue weighted by Gasteiger charge is 2.11. The molecule has 0 atom stereocenters. The smallest absolute Gasteiger partial charge is 0.170 e. The van der Waals surface area contributed by atoms with Crippen molar-refractivity contribution in [2.75, 3.05) is 0 Å². The van der Waals surface area contributed by atoms with E-state index in [9.17, 15) is 4.79 Å². The highest BCUT2D eigenvalue weighted by molar-refractivity contribution is 6.29. The molecule has 0 amide bonds. The first-order valence-electron chi connectivity index (χ1n) is 5.82. The molecule has 0 bridgehead atoms. The van der Waals surface area contributed by atoms with Crippen LogP contribution >= 0.6 is 11.6 Å². The van der Waals surface area contributed by atoms with Crippen LogP contribution in [0.1, 0.15) is 16.2 Å². The molecule has 0 spiro atoms. The second-order valence-corrected chi connectivity index (χ2v) is 4.50. The van der Waals surface area contributed by atoms with Gasteiger partial charge < -0.3 is 0 Å². The minimum atomic E-state index is -0.00683. The Morgan fingerprint density at radius 2 is 1.89 bits per heavy atom. The Morgan fingerprint density at radius 3 is 2.63 bits per heavy atom. The summed E-state index contributed by atoms with van der Waals surface area (Å²) in [5, 5.41) is 4.71. The van der Waals surface area contributed by atoms with Gasteiger partial charge in [-0.1, -0.05) is 48.0 Å². The number of hydrogen-bond donors (Lipinski definition) is 0. The molecular formula is C14H10ClN3O. The third-order valence-corrected chi connectivity index (χ3v) is 3.06. The number of rotatable bonds is 3. The van der Waals surface area contributed by atoms with Gasteiger partial charge >= 0.3 is 0 Å². The van der Waals surface area contributed by atoms with Gasteiger partial charge in [-0.15, -0.1) is 5.10 Å². The molecule has 0 saturated heterocycles. The number of benzene rings is 1. The fourth-order valence-electron chi connectivity index (χ4n) is 1.86. The first-order chi connectivity index (χ1) is 9.24. The molecule has 0 fully saturated rings. The van der Waals surface area contributed by atoms with Crippen molar-refractivity contribution in [2.24, 2.45) is 0 Å². The van der Waals surface area contributed by atoms with Crippen molar-refractivity contribution in [1.29, 1.82) is 0 Å². The predicted octanol–water partition coefficient (Wildman–Crippen LogP) is 2.81. The molecule has 3 aromatic rings. The van der Waals surface area contributed by atoms with E-state index in [0.717, 1.165) is 0 Å². The molecule has 4 nitrogen and oxygen atoms in total. The Balaban J connectivity index is 1.90. The van der Waals surface area contributed by atoms with E-state index in [2.05, 4.69) is 10.1 Å². The van der Waals surface area contributed by atoms with Gasteiger partial charge in [0.05, 0.1) is 6.42 Å². The van der Waals surface area contributed by atoms with Crippen molar-refractivity contribution in [1.82, 2.24) is 14.6 Å². The fourth-order valence-corrected chi connectivity index (χ4v) is 2.06. The Bertz CT molecular complexity index is 737. The minimum Gasteiger partial charge on any atom is -0.294 e. The molecule has 0 saturated carbocycles. The van der Waals surface area contributed by atoms with Crippen molar-refractivity contribution >= 4 is 23.0 Å². The van der Waals surface area contributed by atoms with Crippen LogP contribution in [0.2, 0.25) is 5.15 Å². The lowest BCUT2D eigenvalue weighted by molar-refractivity contribution is 0.0991. The zero-order valence-electron chi connectivity index (χ0n) is 9.95. The second kappa shape index (κ2) is 4.82. The normalized spacial score (nSPS) is 10.8. The standard InChI is InChI=1S/C14H10ClN3O/c15-12-7-4-8-14-16-13(17-18(12)14)9-11(19)10-5-2-1-3-6-10/h1-8H,9H2. The summed E-state index contributed by atoms with van der Waals surface area (Å²) in [6.45, 7) is 0. The van der Waals surface area contributed by atoms with Gasteiger partial charge in [0.2, 0.25) is 0 Å². The summed E-state index contributed by atoms with van der Waals surface area (Å²) in [4.78, 5) is 16.3. The van der Waals surface area contributed by atoms with Crippen molar-refractivity contribution < 1.29 is 4.79 Å². The van der Waals surface area contributed by atoms with E-state index in [1.807, 2.05) is 18.2 Å². The SMILES string of the molecule is O=C(Cc1nc2cccc(Cl)n2n1)c1ccccc1. The molecule has 19 heavy (non-hydrogen) atoms. The lowest BCUT2D eigenvalue weighted by Gasteiger charge is -1.96. The maximum Gasteiger partial charge on any atom is 0.170 e. The first kappa shape index (κ1) is 11.9. The van der Waals surface area contributed by atoms with E-state index in [4.69, 9.17) is 11.6 Å². The van der Waals surface area contributed by atoms with Crippen LogP contribution < -0.4 is 0 Å². The summed E-state index contributed by atoms with van der Waals surface area (Å²) < 4.78 is 1.52. The largest absolute Gasteiger partial charge is 0.294 e. The van der Waals surface area contributed by atoms with Gasteiger partial charge in [-0.05, 0) is 12.1 Å². The molecule has 2 heterocycles. The average Bonchev–Trinajstić information content (AvgIpc) is 2.84. The monoisotopic (exact) mass is 271 g/mol. The third-order valence-electron chi connectivity index (χ3n) is 2.77. The number of nitrogens with zero attached hydrogens (tertiary/aromatic N) is 3. The second-order valence-electron chi connectivity index (χ2n) is 4.11. The van der Waals surface area contributed by atoms with Crippen LogP contribution in [-0.4, -0.2) is 20.4 Å². The maximum absolute atomic E-state index is 12.1. The van der Waals surface area contributed by atoms with E-state index in [1.165, 1.54) is 4.52 Å². The number of carbonyl (C=O) groups is 1. The number of hydrogen-bond acceptors (Lipinski definition) is 3. The molecule has 0 N–H and O–H groups in total. The Morgan fingerprint density at radius 1 is 1.11 bits per heavy atom. The van der Waals surface area contributed by atoms with Crippen LogP contribution in [0, 0.1) is 0 Å². The highest BCUT2D eigenvalue weighted by Crippen LogP contribution is 2.12. The summed E-state index contributed by atoms with van der Waals surface area (Å²) in [5.74, 6) is 0.467. The fraction of sp³-hybridized carbons (Fsp3) is 0.0714. The van der Waals surface area contributed by atoms with E-state index in [1.54, 1.807) is 30.3 Å². The molecule has 94 valence electrons. The van der Waals surface area contributed by atoms with Gasteiger partial charge in [0.15, 0.2) is 17.3 Å². The average molecular weight is 272 g/mol. The Hall–Kier alpha value is -2.20. The van der Waals surface area contributed by atoms with Crippen molar-refractivity contribution in [2.45, 2.75) is 6.42 Å². The molecule has 0 aliphatic rings. The lowest BCUT2D eigenvalue weighted by atomic mass is 10.1. The van der Waals surface area contributed by atoms with E-state index >= 15 is 0 Å². The van der Waals surface area contributed by atoms with Crippen molar-refractivity contribution in [3.63, 3.8) is 0 Å². The molecule has 1 aromatic carbocycles.